The average Bonchev–Trinajstić information content (AvgIpc) is 3.23. The number of hydrogen-bond acceptors (Lipinski definition) is 2. The van der Waals surface area contributed by atoms with Crippen LogP contribution in [0.2, 0.25) is 0 Å². The largest absolute Gasteiger partial charge is 0.342 e. The number of benzene rings is 2. The van der Waals surface area contributed by atoms with Crippen molar-refractivity contribution in [2.24, 2.45) is 0 Å². The van der Waals surface area contributed by atoms with Gasteiger partial charge in [0.15, 0.2) is 5.11 Å². The zero-order valence-corrected chi connectivity index (χ0v) is 18.7. The molecule has 1 heterocycles. The molecule has 3 aromatic rings. The molecule has 4 nitrogen and oxygen atoms in total. The first-order valence-corrected chi connectivity index (χ1v) is 11.1. The van der Waals surface area contributed by atoms with E-state index in [0.29, 0.717) is 17.7 Å². The molecule has 1 aliphatic carbocycles. The Bertz CT molecular complexity index is 1140. The van der Waals surface area contributed by atoms with E-state index in [2.05, 4.69) is 60.2 Å². The van der Waals surface area contributed by atoms with Gasteiger partial charge in [0.05, 0.1) is 6.54 Å². The van der Waals surface area contributed by atoms with E-state index >= 15 is 0 Å². The summed E-state index contributed by atoms with van der Waals surface area (Å²) in [5, 5.41) is 5.20. The minimum absolute atomic E-state index is 0.0383. The molecular formula is C25H29N3OS. The highest BCUT2D eigenvalue weighted by atomic mass is 32.1. The minimum Gasteiger partial charge on any atom is -0.342 e. The molecule has 0 atom stereocenters. The zero-order chi connectivity index (χ0) is 21.3. The summed E-state index contributed by atoms with van der Waals surface area (Å²) in [5.74, 6) is 0. The second-order valence-corrected chi connectivity index (χ2v) is 8.92. The summed E-state index contributed by atoms with van der Waals surface area (Å²) >= 11 is 5.85. The van der Waals surface area contributed by atoms with Gasteiger partial charge in [-0.3, -0.25) is 4.79 Å². The Hall–Kier alpha value is -2.66. The van der Waals surface area contributed by atoms with E-state index in [1.54, 1.807) is 0 Å². The van der Waals surface area contributed by atoms with Crippen molar-refractivity contribution in [3.8, 4) is 0 Å². The van der Waals surface area contributed by atoms with Gasteiger partial charge >= 0.3 is 0 Å². The Labute approximate surface area is 183 Å². The van der Waals surface area contributed by atoms with Crippen LogP contribution in [0, 0.1) is 20.8 Å². The summed E-state index contributed by atoms with van der Waals surface area (Å²) in [5.41, 5.74) is 6.19. The molecule has 1 fully saturated rings. The number of nitrogens with one attached hydrogen (secondary N) is 2. The molecule has 156 valence electrons. The third-order valence-electron chi connectivity index (χ3n) is 6.07. The molecule has 1 aromatic heterocycles. The van der Waals surface area contributed by atoms with Crippen LogP contribution >= 0.6 is 12.2 Å². The van der Waals surface area contributed by atoms with E-state index in [9.17, 15) is 4.79 Å². The second-order valence-electron chi connectivity index (χ2n) is 8.53. The van der Waals surface area contributed by atoms with Gasteiger partial charge in [0.1, 0.15) is 0 Å². The molecule has 5 heteroatoms. The van der Waals surface area contributed by atoms with Crippen molar-refractivity contribution in [2.75, 3.05) is 5.32 Å². The second kappa shape index (κ2) is 8.60. The normalized spacial score (nSPS) is 14.2. The lowest BCUT2D eigenvalue weighted by molar-refractivity contribution is 0.311. The molecule has 1 saturated carbocycles. The van der Waals surface area contributed by atoms with Crippen molar-refractivity contribution >= 4 is 33.9 Å². The topological polar surface area (TPSA) is 48.1 Å². The lowest BCUT2D eigenvalue weighted by Gasteiger charge is -2.32. The van der Waals surface area contributed by atoms with Gasteiger partial charge in [-0.15, -0.1) is 0 Å². The molecule has 30 heavy (non-hydrogen) atoms. The number of fused-ring (bicyclic) bond motifs is 1. The number of anilines is 1. The molecule has 4 rings (SSSR count). The maximum Gasteiger partial charge on any atom is 0.253 e. The number of aromatic amines is 1. The van der Waals surface area contributed by atoms with E-state index in [0.717, 1.165) is 35.0 Å². The van der Waals surface area contributed by atoms with E-state index in [4.69, 9.17) is 12.2 Å². The Kier molecular flexibility index (Phi) is 5.91. The fourth-order valence-corrected chi connectivity index (χ4v) is 4.72. The van der Waals surface area contributed by atoms with Gasteiger partial charge in [0.25, 0.3) is 5.56 Å². The summed E-state index contributed by atoms with van der Waals surface area (Å²) in [7, 11) is 0. The molecule has 0 spiro atoms. The van der Waals surface area contributed by atoms with E-state index < -0.39 is 0 Å². The van der Waals surface area contributed by atoms with Crippen molar-refractivity contribution in [3.63, 3.8) is 0 Å². The van der Waals surface area contributed by atoms with Crippen LogP contribution in [0.5, 0.6) is 0 Å². The molecule has 0 saturated heterocycles. The molecule has 2 N–H and O–H groups in total. The highest BCUT2D eigenvalue weighted by molar-refractivity contribution is 7.80. The molecule has 0 aliphatic heterocycles. The van der Waals surface area contributed by atoms with Crippen LogP contribution in [-0.2, 0) is 6.54 Å². The monoisotopic (exact) mass is 419 g/mol. The van der Waals surface area contributed by atoms with Gasteiger partial charge in [-0.25, -0.2) is 0 Å². The van der Waals surface area contributed by atoms with E-state index in [-0.39, 0.29) is 5.56 Å². The molecular weight excluding hydrogens is 390 g/mol. The maximum absolute atomic E-state index is 12.8. The molecule has 1 aliphatic rings. The Morgan fingerprint density at radius 3 is 2.50 bits per heavy atom. The first-order valence-electron chi connectivity index (χ1n) is 10.7. The number of rotatable bonds is 4. The Morgan fingerprint density at radius 1 is 1.07 bits per heavy atom. The van der Waals surface area contributed by atoms with Gasteiger partial charge in [0, 0.05) is 22.8 Å². The highest BCUT2D eigenvalue weighted by Crippen LogP contribution is 2.27. The minimum atomic E-state index is -0.0383. The molecule has 0 radical (unpaired) electrons. The SMILES string of the molecule is Cc1ccc(NC(=S)N(Cc2cc3cc(C)ccc3[nH]c2=O)C2CCCC2)c(C)c1. The van der Waals surface area contributed by atoms with Crippen LogP contribution in [0.4, 0.5) is 5.69 Å². The maximum atomic E-state index is 12.8. The standard InChI is InChI=1S/C25H29N3OS/c1-16-8-10-22(18(3)12-16)27-25(30)28(21-6-4-5-7-21)15-20-14-19-13-17(2)9-11-23(19)26-24(20)29/h8-14,21H,4-7,15H2,1-3H3,(H,26,29)(H,27,30). The lowest BCUT2D eigenvalue weighted by atomic mass is 10.1. The Balaban J connectivity index is 1.64. The summed E-state index contributed by atoms with van der Waals surface area (Å²) in [4.78, 5) is 18.1. The number of aryl methyl sites for hydroxylation is 3. The van der Waals surface area contributed by atoms with Crippen LogP contribution in [0.15, 0.2) is 47.3 Å². The van der Waals surface area contributed by atoms with Gasteiger partial charge in [-0.2, -0.15) is 0 Å². The molecule has 0 amide bonds. The number of nitrogens with zero attached hydrogens (tertiary/aromatic N) is 1. The van der Waals surface area contributed by atoms with Gasteiger partial charge in [-0.1, -0.05) is 42.2 Å². The van der Waals surface area contributed by atoms with Gasteiger partial charge < -0.3 is 15.2 Å². The fraction of sp³-hybridized carbons (Fsp3) is 0.360. The summed E-state index contributed by atoms with van der Waals surface area (Å²) in [6.07, 6.45) is 4.64. The van der Waals surface area contributed by atoms with Crippen molar-refractivity contribution in [1.29, 1.82) is 0 Å². The van der Waals surface area contributed by atoms with E-state index in [1.807, 2.05) is 18.2 Å². The van der Waals surface area contributed by atoms with Gasteiger partial charge in [-0.05, 0) is 81.0 Å². The quantitative estimate of drug-likeness (QED) is 0.541. The predicted octanol–water partition coefficient (Wildman–Crippen LogP) is 5.59. The first-order chi connectivity index (χ1) is 14.4. The lowest BCUT2D eigenvalue weighted by Crippen LogP contribution is -2.42. The van der Waals surface area contributed by atoms with Crippen molar-refractivity contribution in [1.82, 2.24) is 9.88 Å². The summed E-state index contributed by atoms with van der Waals surface area (Å²) in [6.45, 7) is 6.76. The number of pyridine rings is 1. The summed E-state index contributed by atoms with van der Waals surface area (Å²) in [6, 6.07) is 14.8. The van der Waals surface area contributed by atoms with Crippen LogP contribution in [0.25, 0.3) is 10.9 Å². The number of H-pyrrole nitrogens is 1. The molecule has 2 aromatic carbocycles. The summed E-state index contributed by atoms with van der Waals surface area (Å²) < 4.78 is 0. The van der Waals surface area contributed by atoms with Crippen LogP contribution < -0.4 is 10.9 Å². The van der Waals surface area contributed by atoms with Crippen molar-refractivity contribution in [2.45, 2.75) is 59.0 Å². The van der Waals surface area contributed by atoms with Crippen LogP contribution in [-0.4, -0.2) is 21.0 Å². The highest BCUT2D eigenvalue weighted by Gasteiger charge is 2.26. The fourth-order valence-electron chi connectivity index (χ4n) is 4.40. The van der Waals surface area contributed by atoms with Crippen molar-refractivity contribution in [3.05, 3.63) is 75.1 Å². The third-order valence-corrected chi connectivity index (χ3v) is 6.40. The predicted molar refractivity (Wildman–Crippen MR) is 129 cm³/mol. The number of aromatic nitrogens is 1. The Morgan fingerprint density at radius 2 is 1.77 bits per heavy atom. The molecule has 0 unspecified atom stereocenters. The van der Waals surface area contributed by atoms with Crippen LogP contribution in [0.1, 0.15) is 47.9 Å². The van der Waals surface area contributed by atoms with Crippen molar-refractivity contribution < 1.29 is 0 Å². The molecule has 0 bridgehead atoms. The zero-order valence-electron chi connectivity index (χ0n) is 17.9. The smallest absolute Gasteiger partial charge is 0.253 e. The number of hydrogen-bond donors (Lipinski definition) is 2. The van der Waals surface area contributed by atoms with Crippen LogP contribution in [0.3, 0.4) is 0 Å². The van der Waals surface area contributed by atoms with E-state index in [1.165, 1.54) is 29.5 Å². The average molecular weight is 420 g/mol. The number of thiocarbonyl (C=S) groups is 1. The van der Waals surface area contributed by atoms with Gasteiger partial charge in [0.2, 0.25) is 0 Å². The third kappa shape index (κ3) is 4.41. The first kappa shape index (κ1) is 20.6.